The molecule has 0 heterocycles. The van der Waals surface area contributed by atoms with Gasteiger partial charge in [0.25, 0.3) is 0 Å². The van der Waals surface area contributed by atoms with Gasteiger partial charge < -0.3 is 10.5 Å². The van der Waals surface area contributed by atoms with E-state index in [1.54, 1.807) is 7.11 Å². The second-order valence-corrected chi connectivity index (χ2v) is 4.77. The third-order valence-electron chi connectivity index (χ3n) is 3.00. The molecule has 0 saturated heterocycles. The zero-order valence-corrected chi connectivity index (χ0v) is 11.8. The average Bonchev–Trinajstić information content (AvgIpc) is 2.34. The highest BCUT2D eigenvalue weighted by Crippen LogP contribution is 2.10. The van der Waals surface area contributed by atoms with Crippen LogP contribution in [0.15, 0.2) is 12.2 Å². The lowest BCUT2D eigenvalue weighted by Crippen LogP contribution is -2.05. The molecule has 0 aliphatic rings. The van der Waals surface area contributed by atoms with E-state index >= 15 is 0 Å². The number of nitrogens with two attached hydrogens (primary N) is 1. The lowest BCUT2D eigenvalue weighted by molar-refractivity contribution is -0.113. The van der Waals surface area contributed by atoms with Gasteiger partial charge in [0.05, 0.1) is 0 Å². The molecule has 0 aliphatic carbocycles. The largest absolute Gasteiger partial charge is 0.385 e. The van der Waals surface area contributed by atoms with E-state index in [4.69, 9.17) is 10.5 Å². The number of ether oxygens (including phenoxy) is 1. The van der Waals surface area contributed by atoms with Crippen LogP contribution in [-0.2, 0) is 9.53 Å². The highest BCUT2D eigenvalue weighted by molar-refractivity contribution is 5.85. The maximum Gasteiger partial charge on any atom is 0.241 e. The minimum Gasteiger partial charge on any atom is -0.385 e. The van der Waals surface area contributed by atoms with Gasteiger partial charge in [-0.3, -0.25) is 4.79 Å². The number of carbonyl (C=O) groups is 1. The quantitative estimate of drug-likeness (QED) is 0.404. The third kappa shape index (κ3) is 15.2. The molecule has 0 bridgehead atoms. The summed E-state index contributed by atoms with van der Waals surface area (Å²) < 4.78 is 5.01. The Bertz CT molecular complexity index is 215. The van der Waals surface area contributed by atoms with Crippen molar-refractivity contribution in [1.82, 2.24) is 0 Å². The molecule has 18 heavy (non-hydrogen) atoms. The van der Waals surface area contributed by atoms with E-state index < -0.39 is 0 Å². The van der Waals surface area contributed by atoms with Gasteiger partial charge in [-0.15, -0.1) is 0 Å². The number of rotatable bonds is 13. The van der Waals surface area contributed by atoms with E-state index in [9.17, 15) is 4.79 Å². The molecule has 0 fully saturated rings. The Hall–Kier alpha value is -0.830. The van der Waals surface area contributed by atoms with Crippen LogP contribution >= 0.6 is 0 Å². The van der Waals surface area contributed by atoms with Gasteiger partial charge in [-0.1, -0.05) is 51.0 Å². The van der Waals surface area contributed by atoms with Crippen molar-refractivity contribution in [3.63, 3.8) is 0 Å². The number of hydrogen-bond acceptors (Lipinski definition) is 2. The van der Waals surface area contributed by atoms with Crippen molar-refractivity contribution >= 4 is 5.91 Å². The normalized spacial score (nSPS) is 11.2. The summed E-state index contributed by atoms with van der Waals surface area (Å²) in [4.78, 5) is 10.4. The van der Waals surface area contributed by atoms with E-state index in [2.05, 4.69) is 0 Å². The van der Waals surface area contributed by atoms with Crippen LogP contribution in [0.25, 0.3) is 0 Å². The van der Waals surface area contributed by atoms with Gasteiger partial charge in [0.1, 0.15) is 0 Å². The summed E-state index contributed by atoms with van der Waals surface area (Å²) in [6.45, 7) is 0.902. The Balaban J connectivity index is 3.01. The van der Waals surface area contributed by atoms with Gasteiger partial charge in [-0.25, -0.2) is 0 Å². The van der Waals surface area contributed by atoms with Crippen molar-refractivity contribution in [3.05, 3.63) is 12.2 Å². The van der Waals surface area contributed by atoms with E-state index in [0.717, 1.165) is 19.4 Å². The van der Waals surface area contributed by atoms with Crippen LogP contribution in [0.5, 0.6) is 0 Å². The van der Waals surface area contributed by atoms with Gasteiger partial charge in [-0.2, -0.15) is 0 Å². The van der Waals surface area contributed by atoms with Crippen molar-refractivity contribution in [2.45, 2.75) is 64.2 Å². The number of unbranched alkanes of at least 4 members (excludes halogenated alkanes) is 9. The Labute approximate surface area is 112 Å². The molecule has 0 aromatic rings. The van der Waals surface area contributed by atoms with Crippen LogP contribution in [0.1, 0.15) is 64.2 Å². The summed E-state index contributed by atoms with van der Waals surface area (Å²) in [5.74, 6) is -0.344. The molecule has 1 amide bonds. The Morgan fingerprint density at radius 3 is 1.94 bits per heavy atom. The van der Waals surface area contributed by atoms with Crippen LogP contribution < -0.4 is 5.73 Å². The van der Waals surface area contributed by atoms with Crippen molar-refractivity contribution in [2.24, 2.45) is 5.73 Å². The first kappa shape index (κ1) is 17.2. The molecule has 2 N–H and O–H groups in total. The second-order valence-electron chi connectivity index (χ2n) is 4.77. The minimum absolute atomic E-state index is 0.344. The highest BCUT2D eigenvalue weighted by Gasteiger charge is 1.92. The number of amides is 1. The molecular weight excluding hydrogens is 226 g/mol. The van der Waals surface area contributed by atoms with Gasteiger partial charge >= 0.3 is 0 Å². The maximum absolute atomic E-state index is 10.4. The van der Waals surface area contributed by atoms with E-state index in [1.165, 1.54) is 57.4 Å². The van der Waals surface area contributed by atoms with Crippen LogP contribution in [0.2, 0.25) is 0 Å². The topological polar surface area (TPSA) is 52.3 Å². The van der Waals surface area contributed by atoms with Gasteiger partial charge in [0.2, 0.25) is 5.91 Å². The predicted octanol–water partition coefficient (Wildman–Crippen LogP) is 3.58. The molecule has 0 spiro atoms. The van der Waals surface area contributed by atoms with E-state index in [1.807, 2.05) is 6.08 Å². The molecule has 3 nitrogen and oxygen atoms in total. The number of hydrogen-bond donors (Lipinski definition) is 1. The van der Waals surface area contributed by atoms with Crippen molar-refractivity contribution in [3.8, 4) is 0 Å². The standard InChI is InChI=1S/C15H29NO2/c1-18-14-12-10-8-6-4-2-3-5-7-9-11-13-15(16)17/h11,13H,2-10,12,14H2,1H3,(H2,16,17). The highest BCUT2D eigenvalue weighted by atomic mass is 16.5. The molecule has 0 atom stereocenters. The lowest BCUT2D eigenvalue weighted by atomic mass is 10.1. The minimum atomic E-state index is -0.344. The molecule has 0 aliphatic heterocycles. The lowest BCUT2D eigenvalue weighted by Gasteiger charge is -2.01. The molecule has 106 valence electrons. The van der Waals surface area contributed by atoms with Crippen LogP contribution in [0, 0.1) is 0 Å². The number of methoxy groups -OCH3 is 1. The van der Waals surface area contributed by atoms with Crippen molar-refractivity contribution < 1.29 is 9.53 Å². The molecular formula is C15H29NO2. The summed E-state index contributed by atoms with van der Waals surface area (Å²) in [5.41, 5.74) is 5.00. The maximum atomic E-state index is 10.4. The zero-order chi connectivity index (χ0) is 13.5. The van der Waals surface area contributed by atoms with Crippen molar-refractivity contribution in [1.29, 1.82) is 0 Å². The Kier molecular flexibility index (Phi) is 13.6. The monoisotopic (exact) mass is 255 g/mol. The summed E-state index contributed by atoms with van der Waals surface area (Å²) in [7, 11) is 1.76. The molecule has 0 aromatic carbocycles. The van der Waals surface area contributed by atoms with Crippen LogP contribution in [0.4, 0.5) is 0 Å². The summed E-state index contributed by atoms with van der Waals surface area (Å²) in [5, 5.41) is 0. The summed E-state index contributed by atoms with van der Waals surface area (Å²) in [6.07, 6.45) is 15.9. The fourth-order valence-electron chi connectivity index (χ4n) is 1.95. The van der Waals surface area contributed by atoms with Crippen molar-refractivity contribution in [2.75, 3.05) is 13.7 Å². The number of carbonyl (C=O) groups excluding carboxylic acids is 1. The first-order valence-electron chi connectivity index (χ1n) is 7.22. The van der Waals surface area contributed by atoms with Crippen LogP contribution in [0.3, 0.4) is 0 Å². The van der Waals surface area contributed by atoms with E-state index in [-0.39, 0.29) is 5.91 Å². The molecule has 0 saturated carbocycles. The second kappa shape index (κ2) is 14.2. The Morgan fingerprint density at radius 1 is 0.944 bits per heavy atom. The van der Waals surface area contributed by atoms with Gasteiger partial charge in [-0.05, 0) is 25.3 Å². The fraction of sp³-hybridized carbons (Fsp3) is 0.800. The molecule has 0 unspecified atom stereocenters. The van der Waals surface area contributed by atoms with Crippen LogP contribution in [-0.4, -0.2) is 19.6 Å². The Morgan fingerprint density at radius 2 is 1.44 bits per heavy atom. The smallest absolute Gasteiger partial charge is 0.241 e. The van der Waals surface area contributed by atoms with Gasteiger partial charge in [0.15, 0.2) is 0 Å². The SMILES string of the molecule is COCCCCCCCCCCCC=CC(N)=O. The van der Waals surface area contributed by atoms with Gasteiger partial charge in [0, 0.05) is 13.7 Å². The number of primary amides is 1. The first-order valence-corrected chi connectivity index (χ1v) is 7.22. The zero-order valence-electron chi connectivity index (χ0n) is 11.8. The number of allylic oxidation sites excluding steroid dienone is 1. The fourth-order valence-corrected chi connectivity index (χ4v) is 1.95. The summed E-state index contributed by atoms with van der Waals surface area (Å²) in [6, 6.07) is 0. The first-order chi connectivity index (χ1) is 8.77. The average molecular weight is 255 g/mol. The third-order valence-corrected chi connectivity index (χ3v) is 3.00. The molecule has 3 heteroatoms. The molecule has 0 radical (unpaired) electrons. The summed E-state index contributed by atoms with van der Waals surface area (Å²) >= 11 is 0. The van der Waals surface area contributed by atoms with E-state index in [0.29, 0.717) is 0 Å². The molecule has 0 aromatic heterocycles. The molecule has 0 rings (SSSR count). The predicted molar refractivity (Wildman–Crippen MR) is 76.4 cm³/mol.